The molecule has 2 aromatic heterocycles. The highest BCUT2D eigenvalue weighted by atomic mass is 32.1. The van der Waals surface area contributed by atoms with Gasteiger partial charge in [-0.15, -0.1) is 11.3 Å². The summed E-state index contributed by atoms with van der Waals surface area (Å²) >= 11 is 1.72. The molecule has 1 unspecified atom stereocenters. The van der Waals surface area contributed by atoms with E-state index in [1.54, 1.807) is 17.5 Å². The number of carbonyl (C=O) groups excluding carboxylic acids is 1. The first kappa shape index (κ1) is 16.7. The third-order valence-electron chi connectivity index (χ3n) is 4.07. The van der Waals surface area contributed by atoms with Crippen molar-refractivity contribution in [3.63, 3.8) is 0 Å². The van der Waals surface area contributed by atoms with Crippen LogP contribution in [-0.2, 0) is 12.8 Å². The van der Waals surface area contributed by atoms with E-state index in [2.05, 4.69) is 32.4 Å². The molecule has 0 saturated carbocycles. The van der Waals surface area contributed by atoms with Gasteiger partial charge in [0.15, 0.2) is 0 Å². The zero-order valence-electron chi connectivity index (χ0n) is 13.9. The molecule has 2 aromatic rings. The summed E-state index contributed by atoms with van der Waals surface area (Å²) in [6, 6.07) is 5.96. The lowest BCUT2D eigenvalue weighted by Crippen LogP contribution is -2.44. The van der Waals surface area contributed by atoms with Crippen LogP contribution >= 0.6 is 11.3 Å². The summed E-state index contributed by atoms with van der Waals surface area (Å²) in [5.74, 6) is 0.970. The Morgan fingerprint density at radius 2 is 2.33 bits per heavy atom. The number of urea groups is 1. The second-order valence-electron chi connectivity index (χ2n) is 5.84. The predicted octanol–water partition coefficient (Wildman–Crippen LogP) is 2.22. The van der Waals surface area contributed by atoms with E-state index in [4.69, 9.17) is 0 Å². The van der Waals surface area contributed by atoms with Crippen LogP contribution in [0.4, 0.5) is 10.6 Å². The SMILES string of the molecule is CCc1cnc(CCNC(=O)NC2CCN(c3ccccn3)C2)s1. The van der Waals surface area contributed by atoms with Crippen molar-refractivity contribution >= 4 is 23.2 Å². The number of rotatable bonds is 6. The predicted molar refractivity (Wildman–Crippen MR) is 96.6 cm³/mol. The minimum atomic E-state index is -0.102. The Kier molecular flexibility index (Phi) is 5.63. The first-order valence-corrected chi connectivity index (χ1v) is 9.20. The number of aryl methyl sites for hydroxylation is 1. The molecule has 1 saturated heterocycles. The molecule has 0 radical (unpaired) electrons. The molecule has 3 heterocycles. The molecular formula is C17H23N5OS. The highest BCUT2D eigenvalue weighted by Gasteiger charge is 2.24. The fourth-order valence-corrected chi connectivity index (χ4v) is 3.64. The number of anilines is 1. The van der Waals surface area contributed by atoms with E-state index in [1.807, 2.05) is 24.4 Å². The summed E-state index contributed by atoms with van der Waals surface area (Å²) in [7, 11) is 0. The Hall–Kier alpha value is -2.15. The molecule has 0 bridgehead atoms. The fourth-order valence-electron chi connectivity index (χ4n) is 2.77. The van der Waals surface area contributed by atoms with Crippen molar-refractivity contribution in [1.29, 1.82) is 0 Å². The minimum absolute atomic E-state index is 0.102. The van der Waals surface area contributed by atoms with Gasteiger partial charge in [-0.25, -0.2) is 14.8 Å². The van der Waals surface area contributed by atoms with E-state index < -0.39 is 0 Å². The second kappa shape index (κ2) is 8.10. The molecule has 2 amide bonds. The van der Waals surface area contributed by atoms with Crippen molar-refractivity contribution < 1.29 is 4.79 Å². The Bertz CT molecular complexity index is 660. The summed E-state index contributed by atoms with van der Waals surface area (Å²) in [5, 5.41) is 7.05. The number of thiazole rings is 1. The average molecular weight is 345 g/mol. The first-order valence-electron chi connectivity index (χ1n) is 8.38. The summed E-state index contributed by atoms with van der Waals surface area (Å²) in [6.45, 7) is 4.45. The maximum Gasteiger partial charge on any atom is 0.315 e. The molecule has 128 valence electrons. The molecular weight excluding hydrogens is 322 g/mol. The molecule has 0 aromatic carbocycles. The maximum absolute atomic E-state index is 12.0. The van der Waals surface area contributed by atoms with E-state index in [-0.39, 0.29) is 12.1 Å². The van der Waals surface area contributed by atoms with Gasteiger partial charge in [-0.1, -0.05) is 13.0 Å². The second-order valence-corrected chi connectivity index (χ2v) is 7.04. The molecule has 1 atom stereocenters. The van der Waals surface area contributed by atoms with Crippen molar-refractivity contribution in [3.8, 4) is 0 Å². The van der Waals surface area contributed by atoms with E-state index in [0.29, 0.717) is 6.54 Å². The summed E-state index contributed by atoms with van der Waals surface area (Å²) in [5.41, 5.74) is 0. The topological polar surface area (TPSA) is 70.2 Å². The Balaban J connectivity index is 1.38. The smallest absolute Gasteiger partial charge is 0.315 e. The van der Waals surface area contributed by atoms with Gasteiger partial charge in [-0.2, -0.15) is 0 Å². The number of hydrogen-bond donors (Lipinski definition) is 2. The maximum atomic E-state index is 12.0. The van der Waals surface area contributed by atoms with Gasteiger partial charge in [0.25, 0.3) is 0 Å². The summed E-state index contributed by atoms with van der Waals surface area (Å²) in [6.07, 6.45) is 6.45. The van der Waals surface area contributed by atoms with E-state index in [0.717, 1.165) is 43.2 Å². The molecule has 1 aliphatic rings. The lowest BCUT2D eigenvalue weighted by molar-refractivity contribution is 0.238. The number of pyridine rings is 1. The molecule has 1 fully saturated rings. The van der Waals surface area contributed by atoms with E-state index >= 15 is 0 Å². The Morgan fingerprint density at radius 3 is 3.08 bits per heavy atom. The highest BCUT2D eigenvalue weighted by Crippen LogP contribution is 2.17. The van der Waals surface area contributed by atoms with Gasteiger partial charge in [-0.05, 0) is 25.0 Å². The van der Waals surface area contributed by atoms with Crippen LogP contribution in [0.1, 0.15) is 23.2 Å². The number of carbonyl (C=O) groups is 1. The minimum Gasteiger partial charge on any atom is -0.354 e. The molecule has 1 aliphatic heterocycles. The van der Waals surface area contributed by atoms with Crippen LogP contribution < -0.4 is 15.5 Å². The van der Waals surface area contributed by atoms with Gasteiger partial charge in [0.2, 0.25) is 0 Å². The van der Waals surface area contributed by atoms with Gasteiger partial charge < -0.3 is 15.5 Å². The zero-order chi connectivity index (χ0) is 16.8. The van der Waals surface area contributed by atoms with Crippen LogP contribution in [0.5, 0.6) is 0 Å². The van der Waals surface area contributed by atoms with E-state index in [1.165, 1.54) is 4.88 Å². The lowest BCUT2D eigenvalue weighted by Gasteiger charge is -2.17. The molecule has 0 spiro atoms. The summed E-state index contributed by atoms with van der Waals surface area (Å²) in [4.78, 5) is 24.2. The van der Waals surface area contributed by atoms with Crippen LogP contribution in [0.3, 0.4) is 0 Å². The van der Waals surface area contributed by atoms with E-state index in [9.17, 15) is 4.79 Å². The number of nitrogens with zero attached hydrogens (tertiary/aromatic N) is 3. The van der Waals surface area contributed by atoms with Crippen LogP contribution in [0.25, 0.3) is 0 Å². The van der Waals surface area contributed by atoms with Crippen LogP contribution in [0.15, 0.2) is 30.6 Å². The average Bonchev–Trinajstić information content (AvgIpc) is 3.25. The Morgan fingerprint density at radius 1 is 1.42 bits per heavy atom. The van der Waals surface area contributed by atoms with Gasteiger partial charge in [0, 0.05) is 49.4 Å². The fraction of sp³-hybridized carbons (Fsp3) is 0.471. The standard InChI is InChI=1S/C17H23N5OS/c1-2-14-11-20-16(24-14)6-9-19-17(23)21-13-7-10-22(12-13)15-5-3-4-8-18-15/h3-5,8,11,13H,2,6-7,9-10,12H2,1H3,(H2,19,21,23). The lowest BCUT2D eigenvalue weighted by atomic mass is 10.3. The van der Waals surface area contributed by atoms with Crippen LogP contribution in [0, 0.1) is 0 Å². The molecule has 6 nitrogen and oxygen atoms in total. The van der Waals surface area contributed by atoms with Gasteiger partial charge in [0.05, 0.1) is 5.01 Å². The van der Waals surface area contributed by atoms with Crippen molar-refractivity contribution in [2.75, 3.05) is 24.5 Å². The quantitative estimate of drug-likeness (QED) is 0.842. The van der Waals surface area contributed by atoms with Crippen molar-refractivity contribution in [1.82, 2.24) is 20.6 Å². The monoisotopic (exact) mass is 345 g/mol. The molecule has 0 aliphatic carbocycles. The number of hydrogen-bond acceptors (Lipinski definition) is 5. The highest BCUT2D eigenvalue weighted by molar-refractivity contribution is 7.11. The largest absolute Gasteiger partial charge is 0.354 e. The molecule has 2 N–H and O–H groups in total. The normalized spacial score (nSPS) is 17.0. The first-order chi connectivity index (χ1) is 11.7. The van der Waals surface area contributed by atoms with Crippen LogP contribution in [-0.4, -0.2) is 41.7 Å². The van der Waals surface area contributed by atoms with Crippen molar-refractivity contribution in [2.24, 2.45) is 0 Å². The van der Waals surface area contributed by atoms with Crippen molar-refractivity contribution in [3.05, 3.63) is 40.5 Å². The van der Waals surface area contributed by atoms with Gasteiger partial charge >= 0.3 is 6.03 Å². The third-order valence-corrected chi connectivity index (χ3v) is 5.27. The van der Waals surface area contributed by atoms with Crippen molar-refractivity contribution in [2.45, 2.75) is 32.2 Å². The zero-order valence-corrected chi connectivity index (χ0v) is 14.7. The summed E-state index contributed by atoms with van der Waals surface area (Å²) < 4.78 is 0. The van der Waals surface area contributed by atoms with Crippen LogP contribution in [0.2, 0.25) is 0 Å². The number of nitrogens with one attached hydrogen (secondary N) is 2. The van der Waals surface area contributed by atoms with Gasteiger partial charge in [0.1, 0.15) is 5.82 Å². The molecule has 24 heavy (non-hydrogen) atoms. The van der Waals surface area contributed by atoms with Gasteiger partial charge in [-0.3, -0.25) is 0 Å². The third kappa shape index (κ3) is 4.44. The molecule has 3 rings (SSSR count). The Labute approximate surface area is 146 Å². The number of aromatic nitrogens is 2. The molecule has 7 heteroatoms. The number of amides is 2.